The van der Waals surface area contributed by atoms with Crippen molar-refractivity contribution in [3.05, 3.63) is 60.7 Å². The number of unbranched alkanes of at least 4 members (excludes halogenated alkanes) is 2. The van der Waals surface area contributed by atoms with Crippen LogP contribution in [-0.4, -0.2) is 32.7 Å². The maximum atomic E-state index is 4.98. The highest BCUT2D eigenvalue weighted by Gasteiger charge is 2.19. The summed E-state index contributed by atoms with van der Waals surface area (Å²) in [6.45, 7) is 12.1. The Morgan fingerprint density at radius 3 is 2.31 bits per heavy atom. The molecule has 2 heterocycles. The topological polar surface area (TPSA) is 47.7 Å². The molecule has 4 aromatic rings. The Balaban J connectivity index is 1.69. The highest BCUT2D eigenvalue weighted by molar-refractivity contribution is 5.87. The molecular weight excluding hydrogens is 430 g/mol. The van der Waals surface area contributed by atoms with Gasteiger partial charge in [-0.3, -0.25) is 0 Å². The molecule has 0 atom stereocenters. The molecule has 0 bridgehead atoms. The number of aryl methyl sites for hydroxylation is 1. The Labute approximate surface area is 210 Å². The third-order valence-electron chi connectivity index (χ3n) is 6.80. The van der Waals surface area contributed by atoms with E-state index in [1.807, 2.05) is 13.2 Å². The Bertz CT molecular complexity index is 1240. The number of aromatic nitrogens is 4. The standard InChI is InChI=1S/C30H41N5/c1-23-32-22-28(34(23)18-10-6-9-17-31-5)29-33-21-27(35(29)19-11-16-30(2,3)4)26-15-14-24-12-7-8-13-25(24)20-26/h7-8,12-15,20-22,31H,6,9-11,16-19H2,1-5H3. The zero-order valence-electron chi connectivity index (χ0n) is 22.1. The summed E-state index contributed by atoms with van der Waals surface area (Å²) in [5.41, 5.74) is 3.83. The van der Waals surface area contributed by atoms with E-state index in [-0.39, 0.29) is 0 Å². The number of rotatable bonds is 11. The second-order valence-electron chi connectivity index (χ2n) is 10.9. The van der Waals surface area contributed by atoms with Crippen molar-refractivity contribution in [2.24, 2.45) is 5.41 Å². The van der Waals surface area contributed by atoms with Crippen LogP contribution in [0.1, 0.15) is 58.7 Å². The Morgan fingerprint density at radius 1 is 0.800 bits per heavy atom. The summed E-state index contributed by atoms with van der Waals surface area (Å²) in [7, 11) is 2.02. The Hall–Kier alpha value is -2.92. The molecule has 2 aromatic carbocycles. The Morgan fingerprint density at radius 2 is 1.54 bits per heavy atom. The lowest BCUT2D eigenvalue weighted by molar-refractivity contribution is 0.354. The molecule has 2 aromatic heterocycles. The van der Waals surface area contributed by atoms with E-state index in [0.717, 1.165) is 49.8 Å². The van der Waals surface area contributed by atoms with Crippen molar-refractivity contribution in [2.75, 3.05) is 13.6 Å². The van der Waals surface area contributed by atoms with Crippen molar-refractivity contribution in [1.29, 1.82) is 0 Å². The summed E-state index contributed by atoms with van der Waals surface area (Å²) in [5.74, 6) is 2.09. The predicted octanol–water partition coefficient (Wildman–Crippen LogP) is 7.09. The van der Waals surface area contributed by atoms with Gasteiger partial charge in [-0.1, -0.05) is 63.6 Å². The summed E-state index contributed by atoms with van der Waals surface area (Å²) in [6.07, 6.45) is 9.91. The number of hydrogen-bond donors (Lipinski definition) is 1. The fourth-order valence-electron chi connectivity index (χ4n) is 4.83. The number of nitrogens with one attached hydrogen (secondary N) is 1. The fraction of sp³-hybridized carbons (Fsp3) is 0.467. The van der Waals surface area contributed by atoms with E-state index in [1.54, 1.807) is 0 Å². The van der Waals surface area contributed by atoms with Gasteiger partial charge in [0.2, 0.25) is 0 Å². The van der Waals surface area contributed by atoms with E-state index < -0.39 is 0 Å². The number of benzene rings is 2. The third-order valence-corrected chi connectivity index (χ3v) is 6.80. The molecule has 0 spiro atoms. The molecular formula is C30H41N5. The predicted molar refractivity (Wildman–Crippen MR) is 148 cm³/mol. The zero-order chi connectivity index (χ0) is 24.8. The van der Waals surface area contributed by atoms with E-state index in [1.165, 1.54) is 41.3 Å². The first-order valence-electron chi connectivity index (χ1n) is 13.1. The highest BCUT2D eigenvalue weighted by Crippen LogP contribution is 2.31. The van der Waals surface area contributed by atoms with Crippen LogP contribution in [0.15, 0.2) is 54.9 Å². The quantitative estimate of drug-likeness (QED) is 0.238. The minimum atomic E-state index is 0.315. The minimum absolute atomic E-state index is 0.315. The first kappa shape index (κ1) is 25.2. The van der Waals surface area contributed by atoms with Gasteiger partial charge in [-0.25, -0.2) is 9.97 Å². The molecule has 186 valence electrons. The van der Waals surface area contributed by atoms with Gasteiger partial charge in [0.05, 0.1) is 18.1 Å². The zero-order valence-corrected chi connectivity index (χ0v) is 22.1. The molecule has 0 fully saturated rings. The molecule has 0 saturated heterocycles. The lowest BCUT2D eigenvalue weighted by Gasteiger charge is -2.20. The van der Waals surface area contributed by atoms with Crippen molar-refractivity contribution < 1.29 is 0 Å². The van der Waals surface area contributed by atoms with Crippen molar-refractivity contribution in [3.63, 3.8) is 0 Å². The lowest BCUT2D eigenvalue weighted by Crippen LogP contribution is -2.11. The minimum Gasteiger partial charge on any atom is -0.326 e. The molecule has 0 aliphatic heterocycles. The second-order valence-corrected chi connectivity index (χ2v) is 10.9. The maximum absolute atomic E-state index is 4.98. The molecule has 0 unspecified atom stereocenters. The van der Waals surface area contributed by atoms with E-state index in [0.29, 0.717) is 5.41 Å². The van der Waals surface area contributed by atoms with Gasteiger partial charge in [-0.2, -0.15) is 0 Å². The smallest absolute Gasteiger partial charge is 0.158 e. The van der Waals surface area contributed by atoms with Gasteiger partial charge >= 0.3 is 0 Å². The molecule has 0 saturated carbocycles. The van der Waals surface area contributed by atoms with Gasteiger partial charge in [-0.15, -0.1) is 0 Å². The summed E-state index contributed by atoms with van der Waals surface area (Å²) in [5, 5.41) is 5.77. The van der Waals surface area contributed by atoms with Crippen LogP contribution < -0.4 is 5.32 Å². The van der Waals surface area contributed by atoms with Gasteiger partial charge in [-0.05, 0) is 68.5 Å². The first-order valence-corrected chi connectivity index (χ1v) is 13.1. The first-order chi connectivity index (χ1) is 16.9. The van der Waals surface area contributed by atoms with Gasteiger partial charge in [0.1, 0.15) is 11.5 Å². The van der Waals surface area contributed by atoms with Crippen LogP contribution in [0.25, 0.3) is 33.5 Å². The molecule has 5 heteroatoms. The lowest BCUT2D eigenvalue weighted by atomic mass is 9.90. The monoisotopic (exact) mass is 471 g/mol. The van der Waals surface area contributed by atoms with Gasteiger partial charge < -0.3 is 14.5 Å². The van der Waals surface area contributed by atoms with Crippen LogP contribution >= 0.6 is 0 Å². The molecule has 1 N–H and O–H groups in total. The van der Waals surface area contributed by atoms with Crippen LogP contribution in [0.2, 0.25) is 0 Å². The van der Waals surface area contributed by atoms with Gasteiger partial charge in [0.25, 0.3) is 0 Å². The van der Waals surface area contributed by atoms with Crippen LogP contribution in [-0.2, 0) is 13.1 Å². The number of imidazole rings is 2. The SMILES string of the molecule is CNCCCCCn1c(-c2ncc(-c3ccc4ccccc4c3)n2CCCC(C)(C)C)cnc1C. The Kier molecular flexibility index (Phi) is 8.07. The normalized spacial score (nSPS) is 12.0. The fourth-order valence-corrected chi connectivity index (χ4v) is 4.83. The van der Waals surface area contributed by atoms with Gasteiger partial charge in [0.15, 0.2) is 5.82 Å². The van der Waals surface area contributed by atoms with Gasteiger partial charge in [0, 0.05) is 18.7 Å². The number of fused-ring (bicyclic) bond motifs is 1. The average Bonchev–Trinajstić information content (AvgIpc) is 3.41. The summed E-state index contributed by atoms with van der Waals surface area (Å²) >= 11 is 0. The molecule has 35 heavy (non-hydrogen) atoms. The van der Waals surface area contributed by atoms with Crippen LogP contribution in [0.4, 0.5) is 0 Å². The van der Waals surface area contributed by atoms with Crippen molar-refractivity contribution in [2.45, 2.75) is 72.9 Å². The van der Waals surface area contributed by atoms with Crippen LogP contribution in [0.3, 0.4) is 0 Å². The molecule has 0 aliphatic rings. The van der Waals surface area contributed by atoms with E-state index in [9.17, 15) is 0 Å². The summed E-state index contributed by atoms with van der Waals surface area (Å²) in [4.78, 5) is 9.67. The van der Waals surface area contributed by atoms with E-state index >= 15 is 0 Å². The summed E-state index contributed by atoms with van der Waals surface area (Å²) in [6, 6.07) is 15.3. The molecule has 0 aliphatic carbocycles. The largest absolute Gasteiger partial charge is 0.326 e. The molecule has 0 amide bonds. The maximum Gasteiger partial charge on any atom is 0.158 e. The highest BCUT2D eigenvalue weighted by atomic mass is 15.2. The average molecular weight is 472 g/mol. The van der Waals surface area contributed by atoms with Crippen LogP contribution in [0, 0.1) is 12.3 Å². The molecule has 0 radical (unpaired) electrons. The summed E-state index contributed by atoms with van der Waals surface area (Å²) < 4.78 is 4.77. The van der Waals surface area contributed by atoms with Crippen LogP contribution in [0.5, 0.6) is 0 Å². The second kappa shape index (κ2) is 11.2. The van der Waals surface area contributed by atoms with Crippen molar-refractivity contribution in [3.8, 4) is 22.8 Å². The number of nitrogens with zero attached hydrogens (tertiary/aromatic N) is 4. The van der Waals surface area contributed by atoms with E-state index in [4.69, 9.17) is 4.98 Å². The van der Waals surface area contributed by atoms with E-state index in [2.05, 4.69) is 95.8 Å². The third kappa shape index (κ3) is 6.21. The van der Waals surface area contributed by atoms with Crippen molar-refractivity contribution in [1.82, 2.24) is 24.4 Å². The van der Waals surface area contributed by atoms with Crippen molar-refractivity contribution >= 4 is 10.8 Å². The number of hydrogen-bond acceptors (Lipinski definition) is 3. The molecule has 5 nitrogen and oxygen atoms in total. The molecule has 4 rings (SSSR count).